The fourth-order valence-corrected chi connectivity index (χ4v) is 1.56. The first-order valence-electron chi connectivity index (χ1n) is 5.58. The van der Waals surface area contributed by atoms with E-state index >= 15 is 0 Å². The van der Waals surface area contributed by atoms with E-state index in [0.717, 1.165) is 0 Å². The van der Waals surface area contributed by atoms with Crippen LogP contribution in [0, 0.1) is 0 Å². The molecule has 0 radical (unpaired) electrons. The number of hydrogen-bond acceptors (Lipinski definition) is 4. The molecule has 1 heterocycles. The molecule has 0 aliphatic carbocycles. The van der Waals surface area contributed by atoms with Crippen LogP contribution in [-0.2, 0) is 14.3 Å². The molecule has 0 aromatic heterocycles. The van der Waals surface area contributed by atoms with Crippen molar-refractivity contribution in [2.75, 3.05) is 26.3 Å². The number of urea groups is 1. The van der Waals surface area contributed by atoms with Gasteiger partial charge in [-0.15, -0.1) is 0 Å². The molecule has 0 aromatic carbocycles. The van der Waals surface area contributed by atoms with Crippen molar-refractivity contribution in [3.8, 4) is 0 Å². The molecule has 0 aromatic rings. The van der Waals surface area contributed by atoms with Gasteiger partial charge in [-0.05, 0) is 6.42 Å². The van der Waals surface area contributed by atoms with Crippen LogP contribution in [0.5, 0.6) is 0 Å². The third-order valence-electron chi connectivity index (χ3n) is 2.48. The van der Waals surface area contributed by atoms with Crippen LogP contribution in [0.3, 0.4) is 0 Å². The van der Waals surface area contributed by atoms with Gasteiger partial charge in [0.2, 0.25) is 0 Å². The van der Waals surface area contributed by atoms with Gasteiger partial charge in [0, 0.05) is 19.7 Å². The van der Waals surface area contributed by atoms with E-state index in [1.807, 2.05) is 0 Å². The lowest BCUT2D eigenvalue weighted by atomic mass is 10.2. The molecule has 1 aliphatic heterocycles. The second kappa shape index (κ2) is 6.80. The standard InChI is InChI=1S/C10H16N2O6/c13-8(14)6-7(9(15)16)11-10(17)12-2-1-4-18-5-3-12/h7H,1-6H2,(H,11,17)(H,13,14)(H,15,16). The van der Waals surface area contributed by atoms with E-state index in [9.17, 15) is 14.4 Å². The van der Waals surface area contributed by atoms with E-state index in [-0.39, 0.29) is 0 Å². The predicted molar refractivity (Wildman–Crippen MR) is 59.2 cm³/mol. The van der Waals surface area contributed by atoms with Gasteiger partial charge in [0.1, 0.15) is 6.04 Å². The largest absolute Gasteiger partial charge is 0.481 e. The Morgan fingerprint density at radius 3 is 2.56 bits per heavy atom. The normalized spacial score (nSPS) is 17.7. The lowest BCUT2D eigenvalue weighted by Gasteiger charge is -2.22. The Bertz CT molecular complexity index is 324. The monoisotopic (exact) mass is 260 g/mol. The Morgan fingerprint density at radius 2 is 1.94 bits per heavy atom. The number of aliphatic carboxylic acids is 2. The predicted octanol–water partition coefficient (Wildman–Crippen LogP) is -0.654. The molecule has 1 fully saturated rings. The zero-order valence-electron chi connectivity index (χ0n) is 9.79. The lowest BCUT2D eigenvalue weighted by Crippen LogP contribution is -2.49. The fraction of sp³-hybridized carbons (Fsp3) is 0.700. The maximum atomic E-state index is 11.8. The minimum atomic E-state index is -1.42. The number of ether oxygens (including phenoxy) is 1. The van der Waals surface area contributed by atoms with Crippen molar-refractivity contribution in [2.45, 2.75) is 18.9 Å². The SMILES string of the molecule is O=C(O)CC(NC(=O)N1CCCOCC1)C(=O)O. The molecule has 8 heteroatoms. The van der Waals surface area contributed by atoms with Gasteiger partial charge in [0.25, 0.3) is 0 Å². The van der Waals surface area contributed by atoms with E-state index in [4.69, 9.17) is 14.9 Å². The molecule has 3 N–H and O–H groups in total. The minimum Gasteiger partial charge on any atom is -0.481 e. The number of carboxylic acid groups (broad SMARTS) is 2. The van der Waals surface area contributed by atoms with Gasteiger partial charge >= 0.3 is 18.0 Å². The van der Waals surface area contributed by atoms with Crippen LogP contribution < -0.4 is 5.32 Å². The Morgan fingerprint density at radius 1 is 1.22 bits per heavy atom. The zero-order chi connectivity index (χ0) is 13.5. The lowest BCUT2D eigenvalue weighted by molar-refractivity contribution is -0.145. The minimum absolute atomic E-state index is 0.366. The van der Waals surface area contributed by atoms with Crippen molar-refractivity contribution >= 4 is 18.0 Å². The molecule has 2 amide bonds. The van der Waals surface area contributed by atoms with Crippen LogP contribution in [-0.4, -0.2) is 65.4 Å². The smallest absolute Gasteiger partial charge is 0.326 e. The van der Waals surface area contributed by atoms with Gasteiger partial charge in [-0.3, -0.25) is 4.79 Å². The number of nitrogens with zero attached hydrogens (tertiary/aromatic N) is 1. The van der Waals surface area contributed by atoms with Gasteiger partial charge in [-0.25, -0.2) is 9.59 Å². The Kier molecular flexibility index (Phi) is 5.37. The van der Waals surface area contributed by atoms with Crippen molar-refractivity contribution in [3.05, 3.63) is 0 Å². The van der Waals surface area contributed by atoms with E-state index < -0.39 is 30.4 Å². The van der Waals surface area contributed by atoms with E-state index in [0.29, 0.717) is 32.7 Å². The highest BCUT2D eigenvalue weighted by Crippen LogP contribution is 2.01. The quantitative estimate of drug-likeness (QED) is 0.618. The van der Waals surface area contributed by atoms with Crippen LogP contribution in [0.15, 0.2) is 0 Å². The van der Waals surface area contributed by atoms with Crippen LogP contribution >= 0.6 is 0 Å². The molecule has 0 saturated carbocycles. The highest BCUT2D eigenvalue weighted by Gasteiger charge is 2.25. The molecule has 1 aliphatic rings. The van der Waals surface area contributed by atoms with Crippen molar-refractivity contribution in [2.24, 2.45) is 0 Å². The first-order chi connectivity index (χ1) is 8.50. The Hall–Kier alpha value is -1.83. The number of nitrogens with one attached hydrogen (secondary N) is 1. The van der Waals surface area contributed by atoms with E-state index in [1.54, 1.807) is 0 Å². The zero-order valence-corrected chi connectivity index (χ0v) is 9.79. The van der Waals surface area contributed by atoms with Crippen LogP contribution in [0.2, 0.25) is 0 Å². The summed E-state index contributed by atoms with van der Waals surface area (Å²) in [5, 5.41) is 19.6. The Labute approximate surface area is 104 Å². The van der Waals surface area contributed by atoms with E-state index in [1.165, 1.54) is 4.90 Å². The maximum absolute atomic E-state index is 11.8. The number of carbonyl (C=O) groups is 3. The number of carbonyl (C=O) groups excluding carboxylic acids is 1. The summed E-state index contributed by atoms with van der Waals surface area (Å²) in [5.74, 6) is -2.64. The molecule has 8 nitrogen and oxygen atoms in total. The number of rotatable bonds is 4. The van der Waals surface area contributed by atoms with Crippen molar-refractivity contribution in [1.29, 1.82) is 0 Å². The van der Waals surface area contributed by atoms with Crippen molar-refractivity contribution in [3.63, 3.8) is 0 Å². The third kappa shape index (κ3) is 4.58. The topological polar surface area (TPSA) is 116 Å². The Balaban J connectivity index is 2.53. The van der Waals surface area contributed by atoms with E-state index in [2.05, 4.69) is 5.32 Å². The second-order valence-corrected chi connectivity index (χ2v) is 3.89. The molecule has 18 heavy (non-hydrogen) atoms. The molecule has 1 rings (SSSR count). The summed E-state index contributed by atoms with van der Waals surface area (Å²) >= 11 is 0. The third-order valence-corrected chi connectivity index (χ3v) is 2.48. The summed E-state index contributed by atoms with van der Waals surface area (Å²) in [6, 6.07) is -1.99. The first kappa shape index (κ1) is 14.2. The summed E-state index contributed by atoms with van der Waals surface area (Å²) in [4.78, 5) is 34.5. The van der Waals surface area contributed by atoms with Gasteiger partial charge in [0.15, 0.2) is 0 Å². The molecule has 0 spiro atoms. The van der Waals surface area contributed by atoms with Crippen molar-refractivity contribution < 1.29 is 29.3 Å². The maximum Gasteiger partial charge on any atom is 0.326 e. The van der Waals surface area contributed by atoms with Gasteiger partial charge < -0.3 is 25.2 Å². The van der Waals surface area contributed by atoms with Gasteiger partial charge in [0.05, 0.1) is 13.0 Å². The van der Waals surface area contributed by atoms with Gasteiger partial charge in [-0.1, -0.05) is 0 Å². The number of hydrogen-bond donors (Lipinski definition) is 3. The molecule has 1 atom stereocenters. The average molecular weight is 260 g/mol. The van der Waals surface area contributed by atoms with Gasteiger partial charge in [-0.2, -0.15) is 0 Å². The van der Waals surface area contributed by atoms with Crippen LogP contribution in [0.1, 0.15) is 12.8 Å². The number of amides is 2. The highest BCUT2D eigenvalue weighted by atomic mass is 16.5. The van der Waals surface area contributed by atoms with Crippen LogP contribution in [0.25, 0.3) is 0 Å². The molecule has 1 unspecified atom stereocenters. The van der Waals surface area contributed by atoms with Crippen molar-refractivity contribution in [1.82, 2.24) is 10.2 Å². The molecular formula is C10H16N2O6. The molecule has 102 valence electrons. The molecule has 1 saturated heterocycles. The molecule has 0 bridgehead atoms. The summed E-state index contributed by atoms with van der Waals surface area (Å²) in [6.45, 7) is 1.78. The highest BCUT2D eigenvalue weighted by molar-refractivity contribution is 5.86. The number of carboxylic acids is 2. The molecular weight excluding hydrogens is 244 g/mol. The first-order valence-corrected chi connectivity index (χ1v) is 5.58. The summed E-state index contributed by atoms with van der Waals surface area (Å²) in [7, 11) is 0. The second-order valence-electron chi connectivity index (χ2n) is 3.89. The summed E-state index contributed by atoms with van der Waals surface area (Å²) in [5.41, 5.74) is 0. The van der Waals surface area contributed by atoms with Crippen LogP contribution in [0.4, 0.5) is 4.79 Å². The average Bonchev–Trinajstić information content (AvgIpc) is 2.55. The summed E-state index contributed by atoms with van der Waals surface area (Å²) in [6.07, 6.45) is 0.0233. The fourth-order valence-electron chi connectivity index (χ4n) is 1.56. The summed E-state index contributed by atoms with van der Waals surface area (Å²) < 4.78 is 5.16.